The van der Waals surface area contributed by atoms with E-state index >= 15 is 0 Å². The average Bonchev–Trinajstić information content (AvgIpc) is 2.54. The van der Waals surface area contributed by atoms with E-state index in [-0.39, 0.29) is 18.1 Å². The summed E-state index contributed by atoms with van der Waals surface area (Å²) in [6, 6.07) is 0.526. The second-order valence-corrected chi connectivity index (χ2v) is 7.71. The predicted molar refractivity (Wildman–Crippen MR) is 88.8 cm³/mol. The normalized spacial score (nSPS) is 25.7. The second kappa shape index (κ2) is 7.28. The molecule has 2 rings (SSSR count). The Hall–Kier alpha value is -0.650. The highest BCUT2D eigenvalue weighted by Crippen LogP contribution is 2.22. The molecule has 0 saturated carbocycles. The Morgan fingerprint density at radius 3 is 2.36 bits per heavy atom. The maximum Gasteiger partial charge on any atom is 0.227 e. The minimum Gasteiger partial charge on any atom is -0.394 e. The van der Waals surface area contributed by atoms with Crippen LogP contribution in [-0.4, -0.2) is 83.2 Å². The first kappa shape index (κ1) is 17.7. The summed E-state index contributed by atoms with van der Waals surface area (Å²) >= 11 is 0. The van der Waals surface area contributed by atoms with E-state index in [0.29, 0.717) is 11.9 Å². The molecular weight excluding hydrogens is 278 g/mol. The molecule has 0 aromatic heterocycles. The Morgan fingerprint density at radius 2 is 1.82 bits per heavy atom. The molecule has 0 radical (unpaired) electrons. The quantitative estimate of drug-likeness (QED) is 0.842. The lowest BCUT2D eigenvalue weighted by Crippen LogP contribution is -2.58. The molecule has 1 amide bonds. The lowest BCUT2D eigenvalue weighted by Gasteiger charge is -2.44. The maximum atomic E-state index is 12.8. The highest BCUT2D eigenvalue weighted by molar-refractivity contribution is 5.79. The molecule has 128 valence electrons. The summed E-state index contributed by atoms with van der Waals surface area (Å²) in [7, 11) is 0. The van der Waals surface area contributed by atoms with Gasteiger partial charge in [-0.25, -0.2) is 0 Å². The molecule has 5 nitrogen and oxygen atoms in total. The van der Waals surface area contributed by atoms with Crippen molar-refractivity contribution in [2.24, 2.45) is 5.92 Å². The van der Waals surface area contributed by atoms with Crippen molar-refractivity contribution < 1.29 is 9.90 Å². The van der Waals surface area contributed by atoms with E-state index in [1.54, 1.807) is 0 Å². The number of amides is 1. The van der Waals surface area contributed by atoms with Crippen molar-refractivity contribution in [1.82, 2.24) is 14.7 Å². The first-order valence-corrected chi connectivity index (χ1v) is 8.74. The van der Waals surface area contributed by atoms with E-state index < -0.39 is 0 Å². The lowest BCUT2D eigenvalue weighted by molar-refractivity contribution is -0.140. The number of hydrogen-bond donors (Lipinski definition) is 1. The van der Waals surface area contributed by atoms with Crippen LogP contribution < -0.4 is 0 Å². The van der Waals surface area contributed by atoms with E-state index in [0.717, 1.165) is 52.1 Å². The van der Waals surface area contributed by atoms with Crippen LogP contribution in [0.15, 0.2) is 0 Å². The van der Waals surface area contributed by atoms with Crippen molar-refractivity contribution >= 4 is 5.91 Å². The lowest BCUT2D eigenvalue weighted by atomic mass is 9.95. The highest BCUT2D eigenvalue weighted by Gasteiger charge is 2.34. The maximum absolute atomic E-state index is 12.8. The minimum atomic E-state index is -0.186. The summed E-state index contributed by atoms with van der Waals surface area (Å²) in [5.74, 6) is 0.514. The summed E-state index contributed by atoms with van der Waals surface area (Å²) in [6.07, 6.45) is 2.16. The van der Waals surface area contributed by atoms with Crippen molar-refractivity contribution in [3.05, 3.63) is 0 Å². The number of piperidine rings is 1. The van der Waals surface area contributed by atoms with Gasteiger partial charge in [-0.15, -0.1) is 0 Å². The smallest absolute Gasteiger partial charge is 0.227 e. The van der Waals surface area contributed by atoms with Gasteiger partial charge in [0, 0.05) is 44.3 Å². The largest absolute Gasteiger partial charge is 0.394 e. The summed E-state index contributed by atoms with van der Waals surface area (Å²) in [5, 5.41) is 9.48. The van der Waals surface area contributed by atoms with Gasteiger partial charge >= 0.3 is 0 Å². The molecule has 1 unspecified atom stereocenters. The zero-order valence-corrected chi connectivity index (χ0v) is 14.7. The van der Waals surface area contributed by atoms with Crippen LogP contribution >= 0.6 is 0 Å². The summed E-state index contributed by atoms with van der Waals surface area (Å²) in [6.45, 7) is 14.1. The number of aliphatic hydroxyl groups is 1. The van der Waals surface area contributed by atoms with Crippen LogP contribution in [0.2, 0.25) is 0 Å². The number of piperazine rings is 1. The number of carbonyl (C=O) groups excluding carboxylic acids is 1. The molecule has 2 aliphatic rings. The van der Waals surface area contributed by atoms with Crippen LogP contribution in [0.4, 0.5) is 0 Å². The summed E-state index contributed by atoms with van der Waals surface area (Å²) in [5.41, 5.74) is -0.186. The molecule has 2 aliphatic heterocycles. The van der Waals surface area contributed by atoms with Crippen LogP contribution in [0.3, 0.4) is 0 Å². The molecule has 2 heterocycles. The highest BCUT2D eigenvalue weighted by atomic mass is 16.3. The molecule has 22 heavy (non-hydrogen) atoms. The molecule has 1 atom stereocenters. The zero-order valence-electron chi connectivity index (χ0n) is 14.7. The van der Waals surface area contributed by atoms with E-state index in [2.05, 4.69) is 37.5 Å². The Labute approximate surface area is 135 Å². The number of carbonyl (C=O) groups is 1. The van der Waals surface area contributed by atoms with E-state index in [1.165, 1.54) is 0 Å². The fourth-order valence-electron chi connectivity index (χ4n) is 3.57. The van der Waals surface area contributed by atoms with Gasteiger partial charge in [0.05, 0.1) is 12.5 Å². The molecule has 1 N–H and O–H groups in total. The fourth-order valence-corrected chi connectivity index (χ4v) is 3.57. The number of hydrogen-bond acceptors (Lipinski definition) is 4. The second-order valence-electron chi connectivity index (χ2n) is 7.71. The Bertz CT molecular complexity index is 376. The molecule has 0 bridgehead atoms. The van der Waals surface area contributed by atoms with Crippen LogP contribution in [0, 0.1) is 5.92 Å². The van der Waals surface area contributed by atoms with Gasteiger partial charge in [-0.2, -0.15) is 0 Å². The molecule has 0 aromatic carbocycles. The summed E-state index contributed by atoms with van der Waals surface area (Å²) < 4.78 is 0. The topological polar surface area (TPSA) is 47.0 Å². The van der Waals surface area contributed by atoms with Gasteiger partial charge in [0.1, 0.15) is 0 Å². The Morgan fingerprint density at radius 1 is 1.18 bits per heavy atom. The third kappa shape index (κ3) is 4.00. The van der Waals surface area contributed by atoms with Crippen LogP contribution in [-0.2, 0) is 4.79 Å². The van der Waals surface area contributed by atoms with Crippen molar-refractivity contribution in [1.29, 1.82) is 0 Å². The van der Waals surface area contributed by atoms with E-state index in [1.807, 2.05) is 4.90 Å². The van der Waals surface area contributed by atoms with Crippen LogP contribution in [0.5, 0.6) is 0 Å². The Kier molecular flexibility index (Phi) is 5.86. The molecule has 0 aliphatic carbocycles. The van der Waals surface area contributed by atoms with Gasteiger partial charge in [0.2, 0.25) is 5.91 Å². The van der Waals surface area contributed by atoms with Crippen molar-refractivity contribution in [3.63, 3.8) is 0 Å². The summed E-state index contributed by atoms with van der Waals surface area (Å²) in [4.78, 5) is 19.5. The standard InChI is InChI=1S/C17H33N3O2/c1-14(2)19-7-5-6-15(12-19)16(22)18-8-10-20(11-9-18)17(3,4)13-21/h14-15,21H,5-13H2,1-4H3. The van der Waals surface area contributed by atoms with E-state index in [9.17, 15) is 9.90 Å². The molecule has 0 spiro atoms. The molecule has 5 heteroatoms. The predicted octanol–water partition coefficient (Wildman–Crippen LogP) is 1.02. The first-order valence-electron chi connectivity index (χ1n) is 8.74. The number of rotatable bonds is 4. The molecule has 2 saturated heterocycles. The van der Waals surface area contributed by atoms with Gasteiger partial charge in [0.15, 0.2) is 0 Å². The van der Waals surface area contributed by atoms with Gasteiger partial charge in [-0.1, -0.05) is 0 Å². The van der Waals surface area contributed by atoms with Gasteiger partial charge in [-0.3, -0.25) is 9.69 Å². The third-order valence-electron chi connectivity index (χ3n) is 5.37. The average molecular weight is 311 g/mol. The SMILES string of the molecule is CC(C)N1CCCC(C(=O)N2CCN(C(C)(C)CO)CC2)C1. The molecule has 0 aromatic rings. The van der Waals surface area contributed by atoms with Crippen LogP contribution in [0.25, 0.3) is 0 Å². The van der Waals surface area contributed by atoms with Crippen molar-refractivity contribution in [2.75, 3.05) is 45.9 Å². The van der Waals surface area contributed by atoms with Gasteiger partial charge < -0.3 is 14.9 Å². The Balaban J connectivity index is 1.87. The minimum absolute atomic E-state index is 0.160. The monoisotopic (exact) mass is 311 g/mol. The number of likely N-dealkylation sites (tertiary alicyclic amines) is 1. The third-order valence-corrected chi connectivity index (χ3v) is 5.37. The molecular formula is C17H33N3O2. The number of nitrogens with zero attached hydrogens (tertiary/aromatic N) is 3. The van der Waals surface area contributed by atoms with Crippen molar-refractivity contribution in [3.8, 4) is 0 Å². The first-order chi connectivity index (χ1) is 10.3. The zero-order chi connectivity index (χ0) is 16.3. The number of aliphatic hydroxyl groups excluding tert-OH is 1. The van der Waals surface area contributed by atoms with E-state index in [4.69, 9.17) is 0 Å². The van der Waals surface area contributed by atoms with Gasteiger partial charge in [0.25, 0.3) is 0 Å². The van der Waals surface area contributed by atoms with Crippen molar-refractivity contribution in [2.45, 2.75) is 52.1 Å². The van der Waals surface area contributed by atoms with Crippen LogP contribution in [0.1, 0.15) is 40.5 Å². The molecule has 2 fully saturated rings. The fraction of sp³-hybridized carbons (Fsp3) is 0.941. The van der Waals surface area contributed by atoms with Gasteiger partial charge in [-0.05, 0) is 47.1 Å².